The second-order valence-corrected chi connectivity index (χ2v) is 7.61. The molecule has 2 rings (SSSR count). The number of aliphatic imine (C=N–C) groups is 1. The first kappa shape index (κ1) is 19.2. The first-order valence-electron chi connectivity index (χ1n) is 8.77. The Morgan fingerprint density at radius 3 is 2.60 bits per heavy atom. The number of aliphatic carboxylic acids is 1. The van der Waals surface area contributed by atoms with Crippen LogP contribution in [0.4, 0.5) is 0 Å². The molecule has 1 aliphatic rings. The first-order chi connectivity index (χ1) is 11.8. The summed E-state index contributed by atoms with van der Waals surface area (Å²) >= 11 is 0. The highest BCUT2D eigenvalue weighted by Crippen LogP contribution is 2.27. The summed E-state index contributed by atoms with van der Waals surface area (Å²) in [6.07, 6.45) is 2.17. The Labute approximate surface area is 149 Å². The molecule has 0 spiro atoms. The van der Waals surface area contributed by atoms with E-state index in [-0.39, 0.29) is 18.1 Å². The predicted molar refractivity (Wildman–Crippen MR) is 99.1 cm³/mol. The standard InChI is InChI=1S/C19H29N3O3/c1-19(2,3)16(18(23)24)12-25-15-8-6-13(7-9-15)17(20)22-14-5-4-10-21-11-14/h6-9,14,16,21H,4-5,10-12H2,1-3H3,(H2,20,22)(H,23,24)/t14?,16-/m0/s1. The summed E-state index contributed by atoms with van der Waals surface area (Å²) in [6.45, 7) is 7.74. The molecule has 6 heteroatoms. The maximum Gasteiger partial charge on any atom is 0.310 e. The summed E-state index contributed by atoms with van der Waals surface area (Å²) in [5.74, 6) is -0.260. The maximum atomic E-state index is 11.4. The van der Waals surface area contributed by atoms with Crippen LogP contribution >= 0.6 is 0 Å². The third-order valence-electron chi connectivity index (χ3n) is 4.50. The predicted octanol–water partition coefficient (Wildman–Crippen LogP) is 2.27. The number of nitrogens with one attached hydrogen (secondary N) is 1. The zero-order chi connectivity index (χ0) is 18.4. The van der Waals surface area contributed by atoms with Crippen molar-refractivity contribution in [1.82, 2.24) is 5.32 Å². The molecule has 138 valence electrons. The van der Waals surface area contributed by atoms with E-state index in [4.69, 9.17) is 10.5 Å². The number of benzene rings is 1. The average molecular weight is 347 g/mol. The van der Waals surface area contributed by atoms with Gasteiger partial charge in [-0.05, 0) is 49.1 Å². The highest BCUT2D eigenvalue weighted by Gasteiger charge is 2.31. The minimum atomic E-state index is -0.846. The van der Waals surface area contributed by atoms with Crippen molar-refractivity contribution in [2.75, 3.05) is 19.7 Å². The van der Waals surface area contributed by atoms with Crippen molar-refractivity contribution in [3.8, 4) is 5.75 Å². The molecule has 1 aromatic rings. The number of nitrogens with zero attached hydrogens (tertiary/aromatic N) is 1. The van der Waals surface area contributed by atoms with Crippen LogP contribution < -0.4 is 15.8 Å². The van der Waals surface area contributed by atoms with Crippen LogP contribution in [-0.4, -0.2) is 42.6 Å². The third kappa shape index (κ3) is 5.74. The van der Waals surface area contributed by atoms with Gasteiger partial charge >= 0.3 is 5.97 Å². The molecule has 1 aliphatic heterocycles. The third-order valence-corrected chi connectivity index (χ3v) is 4.50. The Morgan fingerprint density at radius 2 is 2.08 bits per heavy atom. The van der Waals surface area contributed by atoms with Crippen LogP contribution in [0.25, 0.3) is 0 Å². The number of piperidine rings is 1. The maximum absolute atomic E-state index is 11.4. The van der Waals surface area contributed by atoms with Gasteiger partial charge in [0.25, 0.3) is 0 Å². The van der Waals surface area contributed by atoms with Crippen LogP contribution in [0.15, 0.2) is 29.3 Å². The fourth-order valence-electron chi connectivity index (χ4n) is 2.81. The summed E-state index contributed by atoms with van der Waals surface area (Å²) in [5.41, 5.74) is 6.58. The van der Waals surface area contributed by atoms with Gasteiger partial charge in [0.05, 0.1) is 12.0 Å². The molecule has 25 heavy (non-hydrogen) atoms. The summed E-state index contributed by atoms with van der Waals surface area (Å²) < 4.78 is 5.67. The van der Waals surface area contributed by atoms with Crippen LogP contribution in [0.3, 0.4) is 0 Å². The van der Waals surface area contributed by atoms with Crippen molar-refractivity contribution < 1.29 is 14.6 Å². The molecule has 0 aliphatic carbocycles. The van der Waals surface area contributed by atoms with Gasteiger partial charge in [-0.15, -0.1) is 0 Å². The average Bonchev–Trinajstić information content (AvgIpc) is 2.55. The molecule has 4 N–H and O–H groups in total. The number of carbonyl (C=O) groups is 1. The van der Waals surface area contributed by atoms with Crippen molar-refractivity contribution in [2.24, 2.45) is 22.1 Å². The van der Waals surface area contributed by atoms with Crippen molar-refractivity contribution in [2.45, 2.75) is 39.7 Å². The number of nitrogens with two attached hydrogens (primary N) is 1. The lowest BCUT2D eigenvalue weighted by atomic mass is 9.81. The molecule has 0 aromatic heterocycles. The number of ether oxygens (including phenoxy) is 1. The van der Waals surface area contributed by atoms with E-state index in [9.17, 15) is 9.90 Å². The second kappa shape index (κ2) is 8.34. The Balaban J connectivity index is 1.97. The van der Waals surface area contributed by atoms with E-state index >= 15 is 0 Å². The lowest BCUT2D eigenvalue weighted by Crippen LogP contribution is -2.34. The van der Waals surface area contributed by atoms with Gasteiger partial charge in [-0.25, -0.2) is 0 Å². The van der Waals surface area contributed by atoms with Gasteiger partial charge in [0.15, 0.2) is 0 Å². The SMILES string of the molecule is CC(C)(C)[C@@H](COc1ccc(C(N)=NC2CCCNC2)cc1)C(=O)O. The minimum Gasteiger partial charge on any atom is -0.493 e. The molecule has 1 unspecified atom stereocenters. The van der Waals surface area contributed by atoms with E-state index in [1.165, 1.54) is 0 Å². The molecule has 6 nitrogen and oxygen atoms in total. The van der Waals surface area contributed by atoms with E-state index < -0.39 is 11.9 Å². The number of carboxylic acid groups (broad SMARTS) is 1. The van der Waals surface area contributed by atoms with Crippen LogP contribution in [0.1, 0.15) is 39.2 Å². The van der Waals surface area contributed by atoms with Gasteiger partial charge in [0, 0.05) is 12.1 Å². The number of hydrogen-bond acceptors (Lipinski definition) is 4. The van der Waals surface area contributed by atoms with Crippen molar-refractivity contribution in [3.63, 3.8) is 0 Å². The number of hydrogen-bond donors (Lipinski definition) is 3. The van der Waals surface area contributed by atoms with E-state index in [1.807, 2.05) is 32.9 Å². The van der Waals surface area contributed by atoms with Crippen molar-refractivity contribution in [3.05, 3.63) is 29.8 Å². The smallest absolute Gasteiger partial charge is 0.310 e. The lowest BCUT2D eigenvalue weighted by Gasteiger charge is -2.26. The highest BCUT2D eigenvalue weighted by molar-refractivity contribution is 5.97. The van der Waals surface area contributed by atoms with Gasteiger partial charge in [-0.3, -0.25) is 9.79 Å². The molecule has 1 aromatic carbocycles. The van der Waals surface area contributed by atoms with Gasteiger partial charge in [0.1, 0.15) is 18.2 Å². The lowest BCUT2D eigenvalue weighted by molar-refractivity contribution is -0.146. The minimum absolute atomic E-state index is 0.134. The quantitative estimate of drug-likeness (QED) is 0.542. The summed E-state index contributed by atoms with van der Waals surface area (Å²) in [7, 11) is 0. The van der Waals surface area contributed by atoms with E-state index in [1.54, 1.807) is 12.1 Å². The molecule has 1 saturated heterocycles. The van der Waals surface area contributed by atoms with Crippen LogP contribution in [-0.2, 0) is 4.79 Å². The van der Waals surface area contributed by atoms with Gasteiger partial charge < -0.3 is 20.9 Å². The van der Waals surface area contributed by atoms with E-state index in [0.29, 0.717) is 11.6 Å². The molecule has 0 amide bonds. The Morgan fingerprint density at radius 1 is 1.40 bits per heavy atom. The molecular formula is C19H29N3O3. The second-order valence-electron chi connectivity index (χ2n) is 7.61. The topological polar surface area (TPSA) is 96.9 Å². The Bertz CT molecular complexity index is 599. The molecule has 1 fully saturated rings. The van der Waals surface area contributed by atoms with Crippen molar-refractivity contribution in [1.29, 1.82) is 0 Å². The summed E-state index contributed by atoms with van der Waals surface area (Å²) in [4.78, 5) is 16.0. The largest absolute Gasteiger partial charge is 0.493 e. The molecule has 2 atom stereocenters. The molecular weight excluding hydrogens is 318 g/mol. The van der Waals surface area contributed by atoms with Gasteiger partial charge in [-0.2, -0.15) is 0 Å². The normalized spacial score (nSPS) is 20.1. The zero-order valence-corrected chi connectivity index (χ0v) is 15.3. The van der Waals surface area contributed by atoms with Gasteiger partial charge in [-0.1, -0.05) is 20.8 Å². The summed E-state index contributed by atoms with van der Waals surface area (Å²) in [5, 5.41) is 12.7. The van der Waals surface area contributed by atoms with Crippen molar-refractivity contribution >= 4 is 11.8 Å². The van der Waals surface area contributed by atoms with Crippen LogP contribution in [0.5, 0.6) is 5.75 Å². The van der Waals surface area contributed by atoms with Crippen LogP contribution in [0.2, 0.25) is 0 Å². The fraction of sp³-hybridized carbons (Fsp3) is 0.579. The molecule has 0 radical (unpaired) electrons. The Hall–Kier alpha value is -2.08. The molecule has 1 heterocycles. The Kier molecular flexibility index (Phi) is 6.42. The molecule has 0 bridgehead atoms. The van der Waals surface area contributed by atoms with Gasteiger partial charge in [0.2, 0.25) is 0 Å². The fourth-order valence-corrected chi connectivity index (χ4v) is 2.81. The van der Waals surface area contributed by atoms with E-state index in [0.717, 1.165) is 31.5 Å². The van der Waals surface area contributed by atoms with E-state index in [2.05, 4.69) is 10.3 Å². The number of carboxylic acids is 1. The first-order valence-corrected chi connectivity index (χ1v) is 8.77. The monoisotopic (exact) mass is 347 g/mol. The van der Waals surface area contributed by atoms with Crippen LogP contribution in [0, 0.1) is 11.3 Å². The number of rotatable bonds is 6. The summed E-state index contributed by atoms with van der Waals surface area (Å²) in [6, 6.07) is 7.55. The highest BCUT2D eigenvalue weighted by atomic mass is 16.5. The zero-order valence-electron chi connectivity index (χ0n) is 15.3. The molecule has 0 saturated carbocycles. The number of amidine groups is 1.